The van der Waals surface area contributed by atoms with Crippen LogP contribution in [-0.2, 0) is 0 Å². The Kier molecular flexibility index (Phi) is 14.4. The molecule has 0 spiro atoms. The van der Waals surface area contributed by atoms with Gasteiger partial charge in [-0.05, 0) is 68.1 Å². The van der Waals surface area contributed by atoms with Gasteiger partial charge in [0.2, 0.25) is 0 Å². The van der Waals surface area contributed by atoms with Gasteiger partial charge in [0, 0.05) is 54.7 Å². The lowest BCUT2D eigenvalue weighted by Gasteiger charge is -2.18. The molecule has 2 aromatic carbocycles. The van der Waals surface area contributed by atoms with Crippen LogP contribution in [0.5, 0.6) is 0 Å². The number of hydrogen-bond acceptors (Lipinski definition) is 3. The number of allylic oxidation sites excluding steroid dienone is 1. The number of nitrogens with one attached hydrogen (secondary N) is 1. The van der Waals surface area contributed by atoms with Gasteiger partial charge in [0.15, 0.2) is 0 Å². The Labute approximate surface area is 230 Å². The third kappa shape index (κ3) is 9.62. The number of aryl methyl sites for hydroxylation is 2. The molecule has 0 bridgehead atoms. The topological polar surface area (TPSA) is 40.5 Å². The van der Waals surface area contributed by atoms with Gasteiger partial charge in [-0.15, -0.1) is 0 Å². The molecular weight excluding hydrogens is 471 g/mol. The Bertz CT molecular complexity index is 1200. The highest BCUT2D eigenvalue weighted by Gasteiger charge is 2.11. The Morgan fingerprint density at radius 1 is 1.08 bits per heavy atom. The minimum atomic E-state index is -0.264. The summed E-state index contributed by atoms with van der Waals surface area (Å²) >= 11 is 0. The summed E-state index contributed by atoms with van der Waals surface area (Å²) in [7, 11) is 3.83. The minimum Gasteiger partial charge on any atom is -0.355 e. The third-order valence-corrected chi connectivity index (χ3v) is 5.78. The van der Waals surface area contributed by atoms with Crippen LogP contribution >= 0.6 is 0 Å². The highest BCUT2D eigenvalue weighted by Crippen LogP contribution is 2.25. The smallest absolute Gasteiger partial charge is 0.134 e. The molecule has 3 rings (SSSR count). The molecule has 38 heavy (non-hydrogen) atoms. The number of benzene rings is 2. The Morgan fingerprint density at radius 3 is 2.34 bits per heavy atom. The van der Waals surface area contributed by atoms with Crippen molar-refractivity contribution in [1.29, 1.82) is 0 Å². The molecule has 5 heteroatoms. The molecule has 1 unspecified atom stereocenters. The number of aromatic nitrogens is 1. The van der Waals surface area contributed by atoms with Gasteiger partial charge in [-0.25, -0.2) is 4.39 Å². The summed E-state index contributed by atoms with van der Waals surface area (Å²) in [4.78, 5) is 11.1. The first-order valence-electron chi connectivity index (χ1n) is 13.4. The minimum absolute atomic E-state index is 0.264. The van der Waals surface area contributed by atoms with Crippen molar-refractivity contribution in [2.45, 2.75) is 60.8 Å². The highest BCUT2D eigenvalue weighted by atomic mass is 19.1. The average molecular weight is 517 g/mol. The monoisotopic (exact) mass is 516 g/mol. The average Bonchev–Trinajstić information content (AvgIpc) is 2.93. The summed E-state index contributed by atoms with van der Waals surface area (Å²) < 4.78 is 13.2. The van der Waals surface area contributed by atoms with Crippen molar-refractivity contribution in [2.75, 3.05) is 19.4 Å². The number of rotatable bonds is 8. The van der Waals surface area contributed by atoms with E-state index >= 15 is 0 Å². The maximum atomic E-state index is 13.2. The lowest BCUT2D eigenvalue weighted by atomic mass is 9.96. The van der Waals surface area contributed by atoms with E-state index in [0.29, 0.717) is 0 Å². The van der Waals surface area contributed by atoms with E-state index < -0.39 is 0 Å². The van der Waals surface area contributed by atoms with Crippen molar-refractivity contribution in [3.05, 3.63) is 113 Å². The van der Waals surface area contributed by atoms with E-state index in [1.54, 1.807) is 12.1 Å². The molecule has 3 aromatic rings. The zero-order valence-electron chi connectivity index (χ0n) is 24.6. The van der Waals surface area contributed by atoms with Gasteiger partial charge in [-0.1, -0.05) is 71.0 Å². The fourth-order valence-electron chi connectivity index (χ4n) is 3.80. The lowest BCUT2D eigenvalue weighted by molar-refractivity contribution is 0.628. The molecule has 1 heterocycles. The predicted molar refractivity (Wildman–Crippen MR) is 164 cm³/mol. The van der Waals surface area contributed by atoms with Crippen LogP contribution in [-0.4, -0.2) is 29.8 Å². The molecule has 0 aliphatic carbocycles. The summed E-state index contributed by atoms with van der Waals surface area (Å²) in [6, 6.07) is 16.7. The molecule has 1 aromatic heterocycles. The Hall–Kier alpha value is -3.73. The van der Waals surface area contributed by atoms with Crippen molar-refractivity contribution in [2.24, 2.45) is 4.99 Å². The van der Waals surface area contributed by atoms with Crippen LogP contribution in [0.2, 0.25) is 0 Å². The van der Waals surface area contributed by atoms with Gasteiger partial charge >= 0.3 is 0 Å². The number of amidine groups is 1. The van der Waals surface area contributed by atoms with Crippen LogP contribution in [0.15, 0.2) is 84.6 Å². The quantitative estimate of drug-likeness (QED) is 0.240. The maximum absolute atomic E-state index is 13.2. The summed E-state index contributed by atoms with van der Waals surface area (Å²) in [5.74, 6) is 0.936. The number of nitrogens with zero attached hydrogens (tertiary/aromatic N) is 3. The van der Waals surface area contributed by atoms with Crippen LogP contribution in [0, 0.1) is 19.7 Å². The molecule has 0 radical (unpaired) electrons. The third-order valence-electron chi connectivity index (χ3n) is 5.78. The van der Waals surface area contributed by atoms with E-state index in [1.165, 1.54) is 17.7 Å². The van der Waals surface area contributed by atoms with Gasteiger partial charge in [0.1, 0.15) is 11.7 Å². The largest absolute Gasteiger partial charge is 0.355 e. The maximum Gasteiger partial charge on any atom is 0.134 e. The first kappa shape index (κ1) is 32.3. The fourth-order valence-corrected chi connectivity index (χ4v) is 3.80. The molecule has 4 nitrogen and oxygen atoms in total. The first-order valence-corrected chi connectivity index (χ1v) is 13.4. The summed E-state index contributed by atoms with van der Waals surface area (Å²) in [5.41, 5.74) is 6.82. The van der Waals surface area contributed by atoms with Gasteiger partial charge < -0.3 is 10.2 Å². The molecule has 0 aliphatic rings. The van der Waals surface area contributed by atoms with E-state index in [9.17, 15) is 4.39 Å². The number of hydrogen-bond donors (Lipinski definition) is 1. The molecule has 0 saturated heterocycles. The Morgan fingerprint density at radius 2 is 1.74 bits per heavy atom. The molecule has 0 aliphatic heterocycles. The van der Waals surface area contributed by atoms with Crippen LogP contribution in [0.4, 0.5) is 10.1 Å². The first-order chi connectivity index (χ1) is 18.3. The molecule has 0 amide bonds. The molecule has 204 valence electrons. The molecule has 1 atom stereocenters. The molecular formula is C33H45FN4. The van der Waals surface area contributed by atoms with Crippen LogP contribution < -0.4 is 5.32 Å². The predicted octanol–water partition coefficient (Wildman–Crippen LogP) is 8.99. The zero-order valence-corrected chi connectivity index (χ0v) is 24.6. The molecule has 0 fully saturated rings. The van der Waals surface area contributed by atoms with Crippen molar-refractivity contribution in [3.8, 4) is 0 Å². The second-order valence-electron chi connectivity index (χ2n) is 8.56. The molecule has 1 N–H and O–H groups in total. The highest BCUT2D eigenvalue weighted by molar-refractivity contribution is 5.99. The van der Waals surface area contributed by atoms with E-state index in [0.717, 1.165) is 46.0 Å². The van der Waals surface area contributed by atoms with E-state index in [1.807, 2.05) is 54.9 Å². The lowest BCUT2D eigenvalue weighted by Crippen LogP contribution is -2.22. The van der Waals surface area contributed by atoms with Gasteiger partial charge in [-0.2, -0.15) is 0 Å². The van der Waals surface area contributed by atoms with Crippen molar-refractivity contribution in [3.63, 3.8) is 0 Å². The summed E-state index contributed by atoms with van der Waals surface area (Å²) in [6.07, 6.45) is 7.02. The Balaban J connectivity index is 0.00000172. The standard InChI is InChI=1S/C29H33FN4.2C2H6/c1-20-9-7-11-24(17-20)29(31-5)34(6)16-8-10-21(2)25-18-28(22(3)32-19-25)23(4)33-27-14-12-26(30)13-15-27;2*1-2/h7-9,11-19,21,33H,4,10H2,1-3,5-6H3;2*1-2H3/b16-8-,31-29?;;. The number of halogens is 1. The second-order valence-corrected chi connectivity index (χ2v) is 8.56. The number of aliphatic imine (C=N–C) groups is 1. The van der Waals surface area contributed by atoms with Crippen molar-refractivity contribution >= 4 is 17.2 Å². The second kappa shape index (κ2) is 16.9. The zero-order chi connectivity index (χ0) is 28.7. The van der Waals surface area contributed by atoms with Crippen LogP contribution in [0.25, 0.3) is 5.70 Å². The SMILES string of the molecule is C=C(Nc1ccc(F)cc1)c1cc(C(C)C/C=C\N(C)C(=NC)c2cccc(C)c2)cnc1C.CC.CC. The summed E-state index contributed by atoms with van der Waals surface area (Å²) in [6.45, 7) is 18.4. The fraction of sp³-hybridized carbons (Fsp3) is 0.333. The van der Waals surface area contributed by atoms with Crippen LogP contribution in [0.1, 0.15) is 74.9 Å². The number of pyridine rings is 1. The van der Waals surface area contributed by atoms with Crippen molar-refractivity contribution in [1.82, 2.24) is 9.88 Å². The van der Waals surface area contributed by atoms with E-state index in [4.69, 9.17) is 0 Å². The number of anilines is 1. The summed E-state index contributed by atoms with van der Waals surface area (Å²) in [5, 5.41) is 3.25. The van der Waals surface area contributed by atoms with Gasteiger partial charge in [-0.3, -0.25) is 9.98 Å². The van der Waals surface area contributed by atoms with Gasteiger partial charge in [0.25, 0.3) is 0 Å². The van der Waals surface area contributed by atoms with E-state index in [2.05, 4.69) is 83.2 Å². The van der Waals surface area contributed by atoms with Crippen LogP contribution in [0.3, 0.4) is 0 Å². The van der Waals surface area contributed by atoms with E-state index in [-0.39, 0.29) is 11.7 Å². The van der Waals surface area contributed by atoms with Gasteiger partial charge in [0.05, 0.1) is 0 Å². The normalized spacial score (nSPS) is 11.6. The molecule has 0 saturated carbocycles. The van der Waals surface area contributed by atoms with Crippen molar-refractivity contribution < 1.29 is 4.39 Å².